The molecule has 4 nitrogen and oxygen atoms in total. The van der Waals surface area contributed by atoms with Crippen molar-refractivity contribution in [1.82, 2.24) is 9.80 Å². The number of allylic oxidation sites excluding steroid dienone is 4. The van der Waals surface area contributed by atoms with Crippen LogP contribution in [0.4, 0.5) is 9.18 Å². The van der Waals surface area contributed by atoms with E-state index in [4.69, 9.17) is 16.3 Å². The Labute approximate surface area is 131 Å². The van der Waals surface area contributed by atoms with Crippen molar-refractivity contribution in [2.45, 2.75) is 39.2 Å². The third-order valence-electron chi connectivity index (χ3n) is 3.12. The Kier molecular flexibility index (Phi) is 6.08. The molecule has 0 saturated carbocycles. The van der Waals surface area contributed by atoms with E-state index >= 15 is 0 Å². The zero-order valence-corrected chi connectivity index (χ0v) is 14.1. The van der Waals surface area contributed by atoms with E-state index in [2.05, 4.69) is 0 Å². The number of hydrogen-bond donors (Lipinski definition) is 0. The Balaban J connectivity index is 2.48. The van der Waals surface area contributed by atoms with E-state index in [0.29, 0.717) is 25.9 Å². The van der Waals surface area contributed by atoms with Crippen LogP contribution in [0.15, 0.2) is 22.6 Å². The average molecular weight is 319 g/mol. The van der Waals surface area contributed by atoms with E-state index in [0.717, 1.165) is 5.70 Å². The van der Waals surface area contributed by atoms with Gasteiger partial charge in [0, 0.05) is 32.9 Å². The average Bonchev–Trinajstić information content (AvgIpc) is 2.36. The lowest BCUT2D eigenvalue weighted by Gasteiger charge is -2.28. The van der Waals surface area contributed by atoms with Crippen LogP contribution in [-0.2, 0) is 4.74 Å². The molecular weight excluding hydrogens is 295 g/mol. The van der Waals surface area contributed by atoms with Gasteiger partial charge in [0.15, 0.2) is 0 Å². The molecule has 0 atom stereocenters. The van der Waals surface area contributed by atoms with Gasteiger partial charge in [-0.1, -0.05) is 11.6 Å². The highest BCUT2D eigenvalue weighted by Gasteiger charge is 2.20. The lowest BCUT2D eigenvalue weighted by atomic mass is 10.1. The van der Waals surface area contributed by atoms with Crippen LogP contribution in [0.1, 0.15) is 33.6 Å². The summed E-state index contributed by atoms with van der Waals surface area (Å²) < 4.78 is 18.7. The summed E-state index contributed by atoms with van der Waals surface area (Å²) in [6, 6.07) is 0. The van der Waals surface area contributed by atoms with Gasteiger partial charge in [-0.3, -0.25) is 0 Å². The van der Waals surface area contributed by atoms with E-state index in [9.17, 15) is 9.18 Å². The van der Waals surface area contributed by atoms with Gasteiger partial charge in [-0.2, -0.15) is 0 Å². The van der Waals surface area contributed by atoms with Crippen molar-refractivity contribution in [1.29, 1.82) is 0 Å². The molecule has 1 aliphatic rings. The second-order valence-electron chi connectivity index (χ2n) is 6.21. The topological polar surface area (TPSA) is 32.8 Å². The molecule has 21 heavy (non-hydrogen) atoms. The quantitative estimate of drug-likeness (QED) is 0.788. The molecule has 0 N–H and O–H groups in total. The summed E-state index contributed by atoms with van der Waals surface area (Å²) >= 11 is 5.74. The summed E-state index contributed by atoms with van der Waals surface area (Å²) in [4.78, 5) is 15.3. The fraction of sp³-hybridized carbons (Fsp3) is 0.667. The van der Waals surface area contributed by atoms with Crippen molar-refractivity contribution in [2.75, 3.05) is 27.2 Å². The molecule has 0 aromatic heterocycles. The van der Waals surface area contributed by atoms with Gasteiger partial charge >= 0.3 is 6.09 Å². The molecule has 0 fully saturated rings. The summed E-state index contributed by atoms with van der Waals surface area (Å²) in [6.07, 6.45) is 2.33. The summed E-state index contributed by atoms with van der Waals surface area (Å²) in [5, 5.41) is 0.276. The van der Waals surface area contributed by atoms with Crippen LogP contribution >= 0.6 is 11.6 Å². The molecule has 1 rings (SSSR count). The van der Waals surface area contributed by atoms with Crippen LogP contribution in [0.2, 0.25) is 0 Å². The highest BCUT2D eigenvalue weighted by molar-refractivity contribution is 6.30. The highest BCUT2D eigenvalue weighted by Crippen LogP contribution is 2.28. The Bertz CT molecular complexity index is 455. The minimum Gasteiger partial charge on any atom is -0.444 e. The molecule has 0 unspecified atom stereocenters. The summed E-state index contributed by atoms with van der Waals surface area (Å²) in [5.74, 6) is -0.370. The summed E-state index contributed by atoms with van der Waals surface area (Å²) in [7, 11) is 3.57. The lowest BCUT2D eigenvalue weighted by Crippen LogP contribution is -2.38. The largest absolute Gasteiger partial charge is 0.444 e. The molecule has 0 saturated heterocycles. The van der Waals surface area contributed by atoms with Crippen LogP contribution in [0, 0.1) is 0 Å². The third kappa shape index (κ3) is 5.96. The molecule has 0 radical (unpaired) electrons. The maximum absolute atomic E-state index is 13.5. The molecule has 1 amide bonds. The Morgan fingerprint density at radius 2 is 1.95 bits per heavy atom. The first-order valence-corrected chi connectivity index (χ1v) is 7.38. The number of carbonyl (C=O) groups is 1. The van der Waals surface area contributed by atoms with Crippen molar-refractivity contribution < 1.29 is 13.9 Å². The van der Waals surface area contributed by atoms with Gasteiger partial charge in [-0.05, 0) is 39.7 Å². The van der Waals surface area contributed by atoms with Gasteiger partial charge < -0.3 is 14.5 Å². The van der Waals surface area contributed by atoms with Gasteiger partial charge in [-0.15, -0.1) is 0 Å². The normalized spacial score (nSPS) is 15.7. The van der Waals surface area contributed by atoms with E-state index in [1.807, 2.05) is 32.7 Å². The van der Waals surface area contributed by atoms with Gasteiger partial charge in [0.1, 0.15) is 11.4 Å². The number of amides is 1. The fourth-order valence-electron chi connectivity index (χ4n) is 1.83. The van der Waals surface area contributed by atoms with Crippen molar-refractivity contribution >= 4 is 17.7 Å². The number of halogens is 2. The highest BCUT2D eigenvalue weighted by atomic mass is 35.5. The first kappa shape index (κ1) is 17.8. The minimum atomic E-state index is -0.506. The van der Waals surface area contributed by atoms with E-state index in [1.165, 1.54) is 11.0 Å². The number of nitrogens with zero attached hydrogens (tertiary/aromatic N) is 2. The second-order valence-corrected chi connectivity index (χ2v) is 6.67. The standard InChI is InChI=1S/C15H24ClFN2O2/c1-15(2,3)21-14(20)19(5)9-8-18(4)11-6-7-12(16)13(17)10-11/h10H,6-9H2,1-5H3. The second kappa shape index (κ2) is 7.16. The number of hydrogen-bond acceptors (Lipinski definition) is 3. The number of likely N-dealkylation sites (N-methyl/N-ethyl adjacent to an activating group) is 2. The molecule has 0 heterocycles. The molecule has 120 valence electrons. The molecule has 1 aliphatic carbocycles. The van der Waals surface area contributed by atoms with E-state index < -0.39 is 5.60 Å². The zero-order chi connectivity index (χ0) is 16.2. The predicted molar refractivity (Wildman–Crippen MR) is 82.8 cm³/mol. The smallest absolute Gasteiger partial charge is 0.410 e. The number of carbonyl (C=O) groups excluding carboxylic acids is 1. The Hall–Kier alpha value is -1.23. The van der Waals surface area contributed by atoms with Crippen molar-refractivity contribution in [3.05, 3.63) is 22.6 Å². The first-order valence-electron chi connectivity index (χ1n) is 7.00. The van der Waals surface area contributed by atoms with Crippen molar-refractivity contribution in [3.63, 3.8) is 0 Å². The number of ether oxygens (including phenoxy) is 1. The fourth-order valence-corrected chi connectivity index (χ4v) is 1.98. The Morgan fingerprint density at radius 3 is 2.48 bits per heavy atom. The molecule has 0 aromatic carbocycles. The van der Waals surface area contributed by atoms with Crippen molar-refractivity contribution in [3.8, 4) is 0 Å². The predicted octanol–water partition coefficient (Wildman–Crippen LogP) is 3.88. The van der Waals surface area contributed by atoms with Crippen LogP contribution < -0.4 is 0 Å². The monoisotopic (exact) mass is 318 g/mol. The van der Waals surface area contributed by atoms with Crippen LogP contribution in [-0.4, -0.2) is 48.7 Å². The third-order valence-corrected chi connectivity index (χ3v) is 3.49. The summed E-state index contributed by atoms with van der Waals surface area (Å²) in [5.41, 5.74) is 0.378. The molecule has 0 bridgehead atoms. The summed E-state index contributed by atoms with van der Waals surface area (Å²) in [6.45, 7) is 6.60. The van der Waals surface area contributed by atoms with Gasteiger partial charge in [0.2, 0.25) is 0 Å². The maximum Gasteiger partial charge on any atom is 0.410 e. The zero-order valence-electron chi connectivity index (χ0n) is 13.4. The van der Waals surface area contributed by atoms with Gasteiger partial charge in [0.05, 0.1) is 5.03 Å². The van der Waals surface area contributed by atoms with Crippen LogP contribution in [0.3, 0.4) is 0 Å². The molecule has 0 aliphatic heterocycles. The minimum absolute atomic E-state index is 0.276. The first-order chi connectivity index (χ1) is 9.60. The van der Waals surface area contributed by atoms with Crippen molar-refractivity contribution in [2.24, 2.45) is 0 Å². The van der Waals surface area contributed by atoms with Crippen LogP contribution in [0.25, 0.3) is 0 Å². The Morgan fingerprint density at radius 1 is 1.33 bits per heavy atom. The SMILES string of the molecule is CN(CCN(C)C1=CC(F)=C(Cl)CC1)C(=O)OC(C)(C)C. The van der Waals surface area contributed by atoms with E-state index in [-0.39, 0.29) is 17.0 Å². The lowest BCUT2D eigenvalue weighted by molar-refractivity contribution is 0.0290. The van der Waals surface area contributed by atoms with Gasteiger partial charge in [0.25, 0.3) is 0 Å². The molecule has 0 spiro atoms. The van der Waals surface area contributed by atoms with Gasteiger partial charge in [-0.25, -0.2) is 9.18 Å². The van der Waals surface area contributed by atoms with E-state index in [1.54, 1.807) is 7.05 Å². The maximum atomic E-state index is 13.5. The molecular formula is C15H24ClFN2O2. The molecule has 0 aromatic rings. The van der Waals surface area contributed by atoms with Crippen LogP contribution in [0.5, 0.6) is 0 Å². The number of rotatable bonds is 4. The molecule has 6 heteroatoms.